The van der Waals surface area contributed by atoms with Crippen molar-refractivity contribution in [1.82, 2.24) is 15.5 Å². The number of hydrogen-bond acceptors (Lipinski definition) is 8. The Morgan fingerprint density at radius 2 is 1.43 bits per heavy atom. The number of piperidine rings is 2. The van der Waals surface area contributed by atoms with Gasteiger partial charge in [-0.05, 0) is 78.3 Å². The summed E-state index contributed by atoms with van der Waals surface area (Å²) in [5.41, 5.74) is 8.19. The molecule has 5 aliphatic rings. The maximum absolute atomic E-state index is 11.9. The van der Waals surface area contributed by atoms with Gasteiger partial charge in [0.05, 0.1) is 6.61 Å². The van der Waals surface area contributed by atoms with Crippen molar-refractivity contribution in [2.75, 3.05) is 62.2 Å². The van der Waals surface area contributed by atoms with Crippen LogP contribution in [0.4, 0.5) is 11.4 Å². The van der Waals surface area contributed by atoms with Crippen molar-refractivity contribution in [2.24, 2.45) is 5.92 Å². The molecule has 5 aliphatic heterocycles. The van der Waals surface area contributed by atoms with E-state index in [2.05, 4.69) is 92.1 Å². The van der Waals surface area contributed by atoms with Crippen LogP contribution in [0.15, 0.2) is 91.0 Å². The molecule has 0 aromatic heterocycles. The van der Waals surface area contributed by atoms with Gasteiger partial charge in [0.15, 0.2) is 0 Å². The number of carbonyl (C=O) groups is 3. The summed E-state index contributed by atoms with van der Waals surface area (Å²) in [6.45, 7) is 8.87. The fourth-order valence-electron chi connectivity index (χ4n) is 8.72. The van der Waals surface area contributed by atoms with Gasteiger partial charge in [-0.1, -0.05) is 48.5 Å². The molecular weight excluding hydrogens is 679 g/mol. The highest BCUT2D eigenvalue weighted by Crippen LogP contribution is 2.47. The summed E-state index contributed by atoms with van der Waals surface area (Å²) in [5, 5.41) is 15.2. The van der Waals surface area contributed by atoms with Crippen LogP contribution in [0.5, 0.6) is 11.5 Å². The van der Waals surface area contributed by atoms with Crippen LogP contribution in [-0.2, 0) is 16.1 Å². The summed E-state index contributed by atoms with van der Waals surface area (Å²) >= 11 is 0. The summed E-state index contributed by atoms with van der Waals surface area (Å²) in [4.78, 5) is 40.3. The first-order valence-electron chi connectivity index (χ1n) is 19.4. The number of benzene rings is 4. The van der Waals surface area contributed by atoms with Gasteiger partial charge < -0.3 is 25.0 Å². The molecule has 0 saturated carbocycles. The number of nitrogens with zero attached hydrogens (tertiary/aromatic N) is 3. The lowest BCUT2D eigenvalue weighted by Crippen LogP contribution is -2.49. The first-order valence-corrected chi connectivity index (χ1v) is 19.4. The summed E-state index contributed by atoms with van der Waals surface area (Å²) in [5.74, 6) is 1.90. The first kappa shape index (κ1) is 35.7. The predicted molar refractivity (Wildman–Crippen MR) is 209 cm³/mol. The van der Waals surface area contributed by atoms with Crippen LogP contribution in [0, 0.1) is 5.92 Å². The van der Waals surface area contributed by atoms with Gasteiger partial charge in [0.1, 0.15) is 11.5 Å². The van der Waals surface area contributed by atoms with E-state index in [1.165, 1.54) is 41.9 Å². The maximum atomic E-state index is 11.9. The number of phenols is 1. The highest BCUT2D eigenvalue weighted by Gasteiger charge is 2.34. The van der Waals surface area contributed by atoms with Gasteiger partial charge in [-0.25, -0.2) is 0 Å². The molecule has 5 heterocycles. The van der Waals surface area contributed by atoms with Crippen molar-refractivity contribution in [1.29, 1.82) is 0 Å². The predicted octanol–water partition coefficient (Wildman–Crippen LogP) is 5.80. The van der Waals surface area contributed by atoms with Crippen LogP contribution >= 0.6 is 0 Å². The highest BCUT2D eigenvalue weighted by molar-refractivity contribution is 5.99. The van der Waals surface area contributed by atoms with Crippen molar-refractivity contribution in [3.8, 4) is 11.5 Å². The standard InChI is InChI=1S/C39H42N4O3.C5H7NO2/c44-33-11-13-35-37(23-33)46-26-36(28-4-2-1-3-5-28)38(35)29-6-8-31(9-7-29)42-16-14-27(15-17-42)25-41-18-20-43(21-19-41)32-10-12-34-30(22-32)24-40-39(34)45;7-4-2-1-3-5(8)6-4/h1-13,22-23,27,36,38,44H,14-21,24-26H2,(H,40,45);1-3H2,(H,6,7,8). The van der Waals surface area contributed by atoms with Gasteiger partial charge in [-0.2, -0.15) is 0 Å². The molecule has 9 rings (SSSR count). The number of imide groups is 1. The Morgan fingerprint density at radius 3 is 2.13 bits per heavy atom. The number of nitrogens with one attached hydrogen (secondary N) is 2. The Labute approximate surface area is 317 Å². The zero-order chi connectivity index (χ0) is 37.0. The highest BCUT2D eigenvalue weighted by atomic mass is 16.5. The Bertz CT molecular complexity index is 1960. The van der Waals surface area contributed by atoms with Gasteiger partial charge in [-0.15, -0.1) is 0 Å². The molecule has 3 N–H and O–H groups in total. The molecule has 10 nitrogen and oxygen atoms in total. The van der Waals surface area contributed by atoms with Gasteiger partial charge in [-0.3, -0.25) is 24.6 Å². The Morgan fingerprint density at radius 1 is 0.722 bits per heavy atom. The first-order chi connectivity index (χ1) is 26.4. The van der Waals surface area contributed by atoms with Crippen LogP contribution in [0.2, 0.25) is 0 Å². The molecule has 4 aromatic carbocycles. The lowest BCUT2D eigenvalue weighted by atomic mass is 9.76. The molecule has 3 saturated heterocycles. The summed E-state index contributed by atoms with van der Waals surface area (Å²) in [6.07, 6.45) is 4.17. The second kappa shape index (κ2) is 15.9. The van der Waals surface area contributed by atoms with Crippen LogP contribution in [-0.4, -0.2) is 80.1 Å². The average Bonchev–Trinajstić information content (AvgIpc) is 3.58. The van der Waals surface area contributed by atoms with E-state index in [4.69, 9.17) is 4.74 Å². The second-order valence-corrected chi connectivity index (χ2v) is 15.2. The van der Waals surface area contributed by atoms with Gasteiger partial charge >= 0.3 is 0 Å². The fourth-order valence-corrected chi connectivity index (χ4v) is 8.72. The second-order valence-electron chi connectivity index (χ2n) is 15.2. The number of phenolic OH excluding ortho intramolecular Hbond substituents is 1. The molecule has 280 valence electrons. The van der Waals surface area contributed by atoms with Crippen LogP contribution in [0.25, 0.3) is 0 Å². The number of rotatable bonds is 6. The third kappa shape index (κ3) is 7.94. The molecule has 10 heteroatoms. The molecule has 0 spiro atoms. The van der Waals surface area contributed by atoms with E-state index < -0.39 is 0 Å². The van der Waals surface area contributed by atoms with E-state index >= 15 is 0 Å². The minimum atomic E-state index is -0.138. The fraction of sp³-hybridized carbons (Fsp3) is 0.386. The summed E-state index contributed by atoms with van der Waals surface area (Å²) in [7, 11) is 0. The molecule has 2 atom stereocenters. The minimum Gasteiger partial charge on any atom is -0.508 e. The lowest BCUT2D eigenvalue weighted by molar-refractivity contribution is -0.132. The molecule has 3 amide bonds. The van der Waals surface area contributed by atoms with Crippen molar-refractivity contribution >= 4 is 29.1 Å². The van der Waals surface area contributed by atoms with Crippen molar-refractivity contribution in [3.05, 3.63) is 119 Å². The Kier molecular flexibility index (Phi) is 10.5. The number of amides is 3. The van der Waals surface area contributed by atoms with Gasteiger partial charge in [0.25, 0.3) is 5.91 Å². The van der Waals surface area contributed by atoms with Crippen molar-refractivity contribution < 1.29 is 24.2 Å². The average molecular weight is 728 g/mol. The molecule has 0 aliphatic carbocycles. The smallest absolute Gasteiger partial charge is 0.251 e. The van der Waals surface area contributed by atoms with E-state index in [1.807, 2.05) is 12.1 Å². The zero-order valence-electron chi connectivity index (χ0n) is 30.7. The molecule has 0 radical (unpaired) electrons. The maximum Gasteiger partial charge on any atom is 0.251 e. The van der Waals surface area contributed by atoms with Crippen LogP contribution in [0.1, 0.15) is 76.6 Å². The number of aromatic hydroxyl groups is 1. The van der Waals surface area contributed by atoms with E-state index in [0.717, 1.165) is 67.6 Å². The molecular formula is C44H49N5O5. The topological polar surface area (TPSA) is 114 Å². The normalized spacial score (nSPS) is 21.6. The molecule has 0 bridgehead atoms. The lowest BCUT2D eigenvalue weighted by Gasteiger charge is -2.40. The van der Waals surface area contributed by atoms with E-state index in [-0.39, 0.29) is 35.3 Å². The third-order valence-corrected chi connectivity index (χ3v) is 11.7. The summed E-state index contributed by atoms with van der Waals surface area (Å²) < 4.78 is 6.16. The number of anilines is 2. The number of piperazine rings is 1. The van der Waals surface area contributed by atoms with Crippen molar-refractivity contribution in [2.45, 2.75) is 50.5 Å². The van der Waals surface area contributed by atoms with Gasteiger partial charge in [0, 0.05) is 106 Å². The molecule has 54 heavy (non-hydrogen) atoms. The number of fused-ring (bicyclic) bond motifs is 2. The largest absolute Gasteiger partial charge is 0.508 e. The third-order valence-electron chi connectivity index (χ3n) is 11.7. The number of hydrogen-bond donors (Lipinski definition) is 3. The SMILES string of the molecule is O=C1CCCC(=O)N1.O=C1NCc2cc(N3CCN(CC4CCN(c5ccc(C6c7ccc(O)cc7OCC6c6ccccc6)cc5)CC4)CC3)ccc21. The van der Waals surface area contributed by atoms with Crippen LogP contribution in [0.3, 0.4) is 0 Å². The quantitative estimate of drug-likeness (QED) is 0.214. The Hall–Kier alpha value is -5.35. The number of carbonyl (C=O) groups excluding carboxylic acids is 3. The molecule has 4 aromatic rings. The zero-order valence-corrected chi connectivity index (χ0v) is 30.7. The van der Waals surface area contributed by atoms with Gasteiger partial charge in [0.2, 0.25) is 11.8 Å². The number of ether oxygens (including phenoxy) is 1. The van der Waals surface area contributed by atoms with E-state index in [1.54, 1.807) is 12.1 Å². The minimum absolute atomic E-state index is 0.0510. The van der Waals surface area contributed by atoms with Crippen LogP contribution < -0.4 is 25.2 Å². The van der Waals surface area contributed by atoms with E-state index in [0.29, 0.717) is 32.4 Å². The Balaban J connectivity index is 0.000000461. The molecule has 2 unspecified atom stereocenters. The molecule has 3 fully saturated rings. The summed E-state index contributed by atoms with van der Waals surface area (Å²) in [6, 6.07) is 31.7. The monoisotopic (exact) mass is 727 g/mol. The van der Waals surface area contributed by atoms with Crippen molar-refractivity contribution in [3.63, 3.8) is 0 Å². The van der Waals surface area contributed by atoms with E-state index in [9.17, 15) is 19.5 Å².